The Bertz CT molecular complexity index is 351. The summed E-state index contributed by atoms with van der Waals surface area (Å²) in [6.07, 6.45) is 0. The first-order valence-electron chi connectivity index (χ1n) is 5.39. The van der Waals surface area contributed by atoms with Crippen LogP contribution < -0.4 is 4.74 Å². The summed E-state index contributed by atoms with van der Waals surface area (Å²) in [6, 6.07) is 8.03. The first-order valence-corrected chi connectivity index (χ1v) is 6.03. The molecule has 0 amide bonds. The van der Waals surface area contributed by atoms with Gasteiger partial charge in [-0.25, -0.2) is 0 Å². The second-order valence-electron chi connectivity index (χ2n) is 4.03. The number of rotatable bonds is 7. The van der Waals surface area contributed by atoms with Gasteiger partial charge in [0.2, 0.25) is 0 Å². The van der Waals surface area contributed by atoms with Gasteiger partial charge in [-0.1, -0.05) is 24.3 Å². The van der Waals surface area contributed by atoms with E-state index >= 15 is 0 Å². The van der Waals surface area contributed by atoms with E-state index in [9.17, 15) is 0 Å². The van der Waals surface area contributed by atoms with Gasteiger partial charge in [-0.3, -0.25) is 8.73 Å². The van der Waals surface area contributed by atoms with E-state index < -0.39 is 0 Å². The van der Waals surface area contributed by atoms with Crippen LogP contribution in [0, 0.1) is 0 Å². The van der Waals surface area contributed by atoms with E-state index in [-0.39, 0.29) is 0 Å². The molecule has 0 bridgehead atoms. The van der Waals surface area contributed by atoms with E-state index in [0.717, 1.165) is 24.4 Å². The molecular weight excluding hydrogens is 282 g/mol. The molecule has 0 fully saturated rings. The van der Waals surface area contributed by atoms with Gasteiger partial charge in [-0.2, -0.15) is 0 Å². The third-order valence-corrected chi connectivity index (χ3v) is 2.49. The van der Waals surface area contributed by atoms with Crippen LogP contribution in [0.25, 0.3) is 0 Å². The van der Waals surface area contributed by atoms with Crippen LogP contribution in [0.5, 0.6) is 5.75 Å². The van der Waals surface area contributed by atoms with Crippen molar-refractivity contribution >= 4 is 16.3 Å². The first kappa shape index (κ1) is 14.2. The van der Waals surface area contributed by atoms with Crippen molar-refractivity contribution in [3.05, 3.63) is 42.0 Å². The molecule has 0 heterocycles. The van der Waals surface area contributed by atoms with Gasteiger partial charge in [0, 0.05) is 13.1 Å². The van der Waals surface area contributed by atoms with E-state index in [1.165, 1.54) is 5.56 Å². The van der Waals surface area contributed by atoms with E-state index in [1.807, 2.05) is 19.1 Å². The molecule has 0 aliphatic rings. The molecule has 0 unspecified atom stereocenters. The van der Waals surface area contributed by atoms with Crippen molar-refractivity contribution in [1.82, 2.24) is 4.90 Å². The summed E-state index contributed by atoms with van der Waals surface area (Å²) in [5, 5.41) is 0. The highest BCUT2D eigenvalue weighted by atomic mass is 79.9. The van der Waals surface area contributed by atoms with E-state index in [4.69, 9.17) is 8.57 Å². The van der Waals surface area contributed by atoms with Gasteiger partial charge in [-0.15, -0.1) is 0 Å². The zero-order valence-corrected chi connectivity index (χ0v) is 11.9. The summed E-state index contributed by atoms with van der Waals surface area (Å²) in [4.78, 5) is 2.15. The zero-order chi connectivity index (χ0) is 12.7. The van der Waals surface area contributed by atoms with Gasteiger partial charge in [0.05, 0.1) is 7.11 Å². The molecule has 0 aromatic heterocycles. The highest BCUT2D eigenvalue weighted by Crippen LogP contribution is 2.13. The van der Waals surface area contributed by atoms with E-state index in [2.05, 4.69) is 39.9 Å². The molecule has 0 saturated carbocycles. The molecule has 1 aromatic carbocycles. The van der Waals surface area contributed by atoms with Crippen LogP contribution in [0.3, 0.4) is 0 Å². The third-order valence-electron chi connectivity index (χ3n) is 2.29. The Morgan fingerprint density at radius 2 is 2.00 bits per heavy atom. The summed E-state index contributed by atoms with van der Waals surface area (Å²) >= 11 is 2.98. The predicted octanol–water partition coefficient (Wildman–Crippen LogP) is 3.36. The average Bonchev–Trinajstić information content (AvgIpc) is 2.29. The molecule has 0 N–H and O–H groups in total. The first-order chi connectivity index (χ1) is 8.15. The number of methoxy groups -OCH3 is 1. The van der Waals surface area contributed by atoms with Crippen LogP contribution in [0.4, 0.5) is 0 Å². The molecule has 0 saturated heterocycles. The van der Waals surface area contributed by atoms with Gasteiger partial charge in [0.1, 0.15) is 28.7 Å². The number of benzene rings is 1. The maximum atomic E-state index is 5.13. The number of hydrogen-bond donors (Lipinski definition) is 0. The van der Waals surface area contributed by atoms with Crippen molar-refractivity contribution in [2.45, 2.75) is 13.5 Å². The topological polar surface area (TPSA) is 21.7 Å². The predicted molar refractivity (Wildman–Crippen MR) is 73.1 cm³/mol. The number of ether oxygens (including phenoxy) is 1. The van der Waals surface area contributed by atoms with Crippen LogP contribution in [0.1, 0.15) is 12.5 Å². The Hall–Kier alpha value is -0.840. The normalized spacial score (nSPS) is 10.6. The summed E-state index contributed by atoms with van der Waals surface area (Å²) in [5.74, 6) is 0.872. The van der Waals surface area contributed by atoms with Crippen molar-refractivity contribution in [2.24, 2.45) is 0 Å². The Kier molecular flexibility index (Phi) is 6.26. The van der Waals surface area contributed by atoms with Gasteiger partial charge < -0.3 is 4.74 Å². The monoisotopic (exact) mass is 299 g/mol. The van der Waals surface area contributed by atoms with Crippen molar-refractivity contribution in [1.29, 1.82) is 0 Å². The Morgan fingerprint density at radius 3 is 2.47 bits per heavy atom. The molecule has 3 nitrogen and oxygen atoms in total. The maximum Gasteiger partial charge on any atom is 0.118 e. The summed E-state index contributed by atoms with van der Waals surface area (Å²) < 4.78 is 10.1. The fourth-order valence-corrected chi connectivity index (χ4v) is 1.88. The molecule has 0 spiro atoms. The highest BCUT2D eigenvalue weighted by molar-refractivity contribution is 9.06. The van der Waals surface area contributed by atoms with E-state index in [0.29, 0.717) is 6.73 Å². The number of hydrogen-bond acceptors (Lipinski definition) is 3. The maximum absolute atomic E-state index is 5.13. The van der Waals surface area contributed by atoms with Gasteiger partial charge in [-0.05, 0) is 24.6 Å². The standard InChI is InChI=1S/C13H18BrNO2/c1-11(2)8-15(10-17-14)9-12-4-6-13(16-3)7-5-12/h4-7H,1,8-10H2,2-3H3. The Balaban J connectivity index is 2.61. The van der Waals surface area contributed by atoms with E-state index in [1.54, 1.807) is 7.11 Å². The molecule has 17 heavy (non-hydrogen) atoms. The molecule has 1 aromatic rings. The van der Waals surface area contributed by atoms with Gasteiger partial charge in [0.15, 0.2) is 0 Å². The van der Waals surface area contributed by atoms with Gasteiger partial charge >= 0.3 is 0 Å². The highest BCUT2D eigenvalue weighted by Gasteiger charge is 2.06. The second-order valence-corrected chi connectivity index (χ2v) is 4.49. The SMILES string of the molecule is C=C(C)CN(COBr)Cc1ccc(OC)cc1. The smallest absolute Gasteiger partial charge is 0.118 e. The number of nitrogens with zero attached hydrogens (tertiary/aromatic N) is 1. The molecule has 0 aliphatic carbocycles. The summed E-state index contributed by atoms with van der Waals surface area (Å²) in [7, 11) is 1.67. The lowest BCUT2D eigenvalue weighted by Gasteiger charge is -2.20. The lowest BCUT2D eigenvalue weighted by atomic mass is 10.2. The summed E-state index contributed by atoms with van der Waals surface area (Å²) in [5.41, 5.74) is 2.33. The van der Waals surface area contributed by atoms with Crippen molar-refractivity contribution in [2.75, 3.05) is 20.4 Å². The molecule has 0 atom stereocenters. The van der Waals surface area contributed by atoms with Crippen LogP contribution in [0.15, 0.2) is 36.4 Å². The lowest BCUT2D eigenvalue weighted by Crippen LogP contribution is -2.26. The quantitative estimate of drug-likeness (QED) is 0.569. The third kappa shape index (κ3) is 5.35. The van der Waals surface area contributed by atoms with Crippen molar-refractivity contribution in [3.63, 3.8) is 0 Å². The van der Waals surface area contributed by atoms with Crippen molar-refractivity contribution in [3.8, 4) is 5.75 Å². The molecule has 1 rings (SSSR count). The van der Waals surface area contributed by atoms with Crippen molar-refractivity contribution < 1.29 is 8.57 Å². The largest absolute Gasteiger partial charge is 0.497 e. The average molecular weight is 300 g/mol. The summed E-state index contributed by atoms with van der Waals surface area (Å²) in [6.45, 7) is 8.09. The molecular formula is C13H18BrNO2. The molecule has 0 aliphatic heterocycles. The number of halogens is 1. The van der Waals surface area contributed by atoms with Crippen LogP contribution in [-0.2, 0) is 10.4 Å². The minimum atomic E-state index is 0.527. The Labute approximate surface area is 111 Å². The fourth-order valence-electron chi connectivity index (χ4n) is 1.59. The molecule has 94 valence electrons. The second kappa shape index (κ2) is 7.48. The minimum absolute atomic E-state index is 0.527. The van der Waals surface area contributed by atoms with Crippen LogP contribution in [-0.4, -0.2) is 25.3 Å². The zero-order valence-electron chi connectivity index (χ0n) is 10.3. The molecule has 4 heteroatoms. The molecule has 0 radical (unpaired) electrons. The Morgan fingerprint density at radius 1 is 1.35 bits per heavy atom. The van der Waals surface area contributed by atoms with Gasteiger partial charge in [0.25, 0.3) is 0 Å². The lowest BCUT2D eigenvalue weighted by molar-refractivity contribution is 0.158. The minimum Gasteiger partial charge on any atom is -0.497 e. The van der Waals surface area contributed by atoms with Crippen LogP contribution >= 0.6 is 16.3 Å². The fraction of sp³-hybridized carbons (Fsp3) is 0.385. The van der Waals surface area contributed by atoms with Crippen LogP contribution in [0.2, 0.25) is 0 Å².